The Morgan fingerprint density at radius 2 is 1.59 bits per heavy atom. The third-order valence-corrected chi connectivity index (χ3v) is 7.56. The molecule has 276 valence electrons. The van der Waals surface area contributed by atoms with E-state index in [0.717, 1.165) is 89.9 Å². The minimum absolute atomic E-state index is 0.709. The molecule has 0 aliphatic heterocycles. The van der Waals surface area contributed by atoms with Crippen molar-refractivity contribution in [1.29, 1.82) is 0 Å². The molecule has 0 radical (unpaired) electrons. The molecule has 1 aromatic heterocycles. The van der Waals surface area contributed by atoms with E-state index in [1.54, 1.807) is 0 Å². The predicted molar refractivity (Wildman–Crippen MR) is 225 cm³/mol. The van der Waals surface area contributed by atoms with Gasteiger partial charge in [-0.05, 0) is 105 Å². The van der Waals surface area contributed by atoms with Gasteiger partial charge in [0.25, 0.3) is 0 Å². The number of allylic oxidation sites excluding steroid dienone is 10. The van der Waals surface area contributed by atoms with Gasteiger partial charge in [0.15, 0.2) is 0 Å². The van der Waals surface area contributed by atoms with Gasteiger partial charge in [-0.3, -0.25) is 0 Å². The van der Waals surface area contributed by atoms with E-state index in [9.17, 15) is 0 Å². The second-order valence-electron chi connectivity index (χ2n) is 12.9. The number of unbranched alkanes of at least 4 members (excludes halogenated alkanes) is 1. The smallest absolute Gasteiger partial charge is 0.129 e. The summed E-state index contributed by atoms with van der Waals surface area (Å²) in [6, 6.07) is 4.20. The lowest BCUT2D eigenvalue weighted by Gasteiger charge is -2.25. The molecule has 0 aromatic carbocycles. The summed E-state index contributed by atoms with van der Waals surface area (Å²) in [5, 5.41) is 3.57. The Morgan fingerprint density at radius 3 is 2.10 bits per heavy atom. The van der Waals surface area contributed by atoms with Crippen molar-refractivity contribution in [2.45, 2.75) is 129 Å². The highest BCUT2D eigenvalue weighted by atomic mass is 15.2. The van der Waals surface area contributed by atoms with E-state index in [0.29, 0.717) is 5.92 Å². The molecular formula is C45H76N4. The van der Waals surface area contributed by atoms with E-state index in [-0.39, 0.29) is 0 Å². The molecule has 4 nitrogen and oxygen atoms in total. The van der Waals surface area contributed by atoms with Gasteiger partial charge in [0, 0.05) is 49.0 Å². The number of hydrogen-bond donors (Lipinski definition) is 1. The van der Waals surface area contributed by atoms with Gasteiger partial charge in [-0.15, -0.1) is 0 Å². The monoisotopic (exact) mass is 673 g/mol. The maximum absolute atomic E-state index is 4.73. The summed E-state index contributed by atoms with van der Waals surface area (Å²) in [6.45, 7) is 38.5. The zero-order chi connectivity index (χ0) is 37.8. The SMILES string of the molecule is C=CC(=C\CCC)/C(=C\C(=C/C)C(=C\C)\N(C)/C=C/CC)/C=C(\C)NC(=C)c1ccnc(N(CCC)CCC(C)CC)c1.CC.CC(C)C. The molecule has 1 unspecified atom stereocenters. The highest BCUT2D eigenvalue weighted by Gasteiger charge is 2.12. The third-order valence-electron chi connectivity index (χ3n) is 7.56. The van der Waals surface area contributed by atoms with Gasteiger partial charge in [-0.25, -0.2) is 4.98 Å². The van der Waals surface area contributed by atoms with Gasteiger partial charge in [-0.2, -0.15) is 0 Å². The van der Waals surface area contributed by atoms with Crippen molar-refractivity contribution in [2.24, 2.45) is 11.8 Å². The first-order valence-corrected chi connectivity index (χ1v) is 19.0. The van der Waals surface area contributed by atoms with Crippen LogP contribution in [0.25, 0.3) is 5.70 Å². The highest BCUT2D eigenvalue weighted by Crippen LogP contribution is 2.25. The standard InChI is InChI=1S/C39H60N4.C4H10.C2H6/c1-12-19-21-34(16-5)37(29-35(17-6)38(18-7)42(11)26-20-13-2)28-32(9)41-33(10)36-22-24-40-39(30-36)43(25-14-3)27-23-31(8)15-4;1-4(2)3;1-2/h16-18,20-22,24,26,28-31,41H,5,10,12-15,19,23,25,27H2,1-4,6-9,11H3;4H,1-3H3;1-2H3/b26-20+,32-28+,34-21+,35-17+,37-29-,38-18-;;. The molecule has 0 saturated carbocycles. The quantitative estimate of drug-likeness (QED) is 0.140. The van der Waals surface area contributed by atoms with Crippen LogP contribution in [-0.2, 0) is 0 Å². The van der Waals surface area contributed by atoms with Crippen molar-refractivity contribution < 1.29 is 0 Å². The average molecular weight is 673 g/mol. The lowest BCUT2D eigenvalue weighted by molar-refractivity contribution is 0.509. The van der Waals surface area contributed by atoms with Crippen molar-refractivity contribution in [3.05, 3.63) is 114 Å². The van der Waals surface area contributed by atoms with Crippen LogP contribution in [0.3, 0.4) is 0 Å². The van der Waals surface area contributed by atoms with Crippen molar-refractivity contribution in [2.75, 3.05) is 25.0 Å². The maximum Gasteiger partial charge on any atom is 0.129 e. The van der Waals surface area contributed by atoms with Crippen molar-refractivity contribution >= 4 is 11.5 Å². The number of pyridine rings is 1. The summed E-state index contributed by atoms with van der Waals surface area (Å²) < 4.78 is 0. The fourth-order valence-electron chi connectivity index (χ4n) is 4.77. The van der Waals surface area contributed by atoms with Crippen LogP contribution in [0, 0.1) is 11.8 Å². The largest absolute Gasteiger partial charge is 0.359 e. The van der Waals surface area contributed by atoms with Gasteiger partial charge < -0.3 is 15.1 Å². The Bertz CT molecular complexity index is 1240. The fourth-order valence-corrected chi connectivity index (χ4v) is 4.77. The lowest BCUT2D eigenvalue weighted by Crippen LogP contribution is -2.27. The third kappa shape index (κ3) is 20.6. The van der Waals surface area contributed by atoms with Gasteiger partial charge in [0.1, 0.15) is 5.82 Å². The first kappa shape index (κ1) is 47.6. The normalized spacial score (nSPS) is 13.3. The second kappa shape index (κ2) is 29.4. The first-order chi connectivity index (χ1) is 23.4. The van der Waals surface area contributed by atoms with E-state index in [1.165, 1.54) is 12.8 Å². The first-order valence-electron chi connectivity index (χ1n) is 19.0. The number of likely N-dealkylation sites (N-methyl/N-ethyl adjacent to an activating group) is 1. The molecule has 1 heterocycles. The Hall–Kier alpha value is -3.53. The highest BCUT2D eigenvalue weighted by molar-refractivity contribution is 5.66. The number of rotatable bonds is 20. The molecule has 0 bridgehead atoms. The van der Waals surface area contributed by atoms with Crippen LogP contribution in [0.2, 0.25) is 0 Å². The molecule has 1 aromatic rings. The van der Waals surface area contributed by atoms with Crippen LogP contribution in [0.5, 0.6) is 0 Å². The summed E-state index contributed by atoms with van der Waals surface area (Å²) in [5.74, 6) is 2.56. The minimum atomic E-state index is 0.709. The molecule has 4 heteroatoms. The lowest BCUT2D eigenvalue weighted by atomic mass is 9.98. The molecule has 0 spiro atoms. The van der Waals surface area contributed by atoms with Crippen molar-refractivity contribution in [1.82, 2.24) is 15.2 Å². The van der Waals surface area contributed by atoms with E-state index in [1.807, 2.05) is 32.2 Å². The summed E-state index contributed by atoms with van der Waals surface area (Å²) in [7, 11) is 2.10. The van der Waals surface area contributed by atoms with Gasteiger partial charge in [0.05, 0.1) is 0 Å². The van der Waals surface area contributed by atoms with Crippen LogP contribution in [0.1, 0.15) is 134 Å². The fraction of sp³-hybridized carbons (Fsp3) is 0.533. The van der Waals surface area contributed by atoms with E-state index < -0.39 is 0 Å². The molecule has 0 fully saturated rings. The van der Waals surface area contributed by atoms with Crippen LogP contribution in [0.15, 0.2) is 108 Å². The number of anilines is 1. The van der Waals surface area contributed by atoms with Crippen LogP contribution in [-0.4, -0.2) is 30.0 Å². The number of nitrogens with one attached hydrogen (secondary N) is 1. The topological polar surface area (TPSA) is 31.4 Å². The van der Waals surface area contributed by atoms with Crippen LogP contribution < -0.4 is 10.2 Å². The van der Waals surface area contributed by atoms with E-state index >= 15 is 0 Å². The summed E-state index contributed by atoms with van der Waals surface area (Å²) in [6.07, 6.45) is 25.8. The Labute approximate surface area is 305 Å². The summed E-state index contributed by atoms with van der Waals surface area (Å²) >= 11 is 0. The van der Waals surface area contributed by atoms with Crippen LogP contribution in [0.4, 0.5) is 5.82 Å². The van der Waals surface area contributed by atoms with E-state index in [2.05, 4.69) is 160 Å². The predicted octanol–water partition coefficient (Wildman–Crippen LogP) is 13.4. The Balaban J connectivity index is 0. The van der Waals surface area contributed by atoms with Crippen LogP contribution >= 0.6 is 0 Å². The average Bonchev–Trinajstić information content (AvgIpc) is 3.09. The molecule has 1 N–H and O–H groups in total. The molecule has 0 aliphatic carbocycles. The van der Waals surface area contributed by atoms with Crippen molar-refractivity contribution in [3.8, 4) is 0 Å². The molecule has 49 heavy (non-hydrogen) atoms. The summed E-state index contributed by atoms with van der Waals surface area (Å²) in [5.41, 5.74) is 7.46. The molecular weight excluding hydrogens is 597 g/mol. The molecule has 0 saturated heterocycles. The number of nitrogens with zero attached hydrogens (tertiary/aromatic N) is 3. The zero-order valence-electron chi connectivity index (χ0n) is 34.4. The Morgan fingerprint density at radius 1 is 0.939 bits per heavy atom. The maximum atomic E-state index is 4.73. The van der Waals surface area contributed by atoms with Gasteiger partial charge in [-0.1, -0.05) is 126 Å². The Kier molecular flexibility index (Phi) is 28.5. The van der Waals surface area contributed by atoms with Gasteiger partial charge in [0.2, 0.25) is 0 Å². The second-order valence-corrected chi connectivity index (χ2v) is 12.9. The number of aromatic nitrogens is 1. The van der Waals surface area contributed by atoms with Crippen molar-refractivity contribution in [3.63, 3.8) is 0 Å². The summed E-state index contributed by atoms with van der Waals surface area (Å²) in [4.78, 5) is 9.32. The zero-order valence-corrected chi connectivity index (χ0v) is 34.4. The van der Waals surface area contributed by atoms with E-state index in [4.69, 9.17) is 4.98 Å². The molecule has 1 rings (SSSR count). The van der Waals surface area contributed by atoms with Gasteiger partial charge >= 0.3 is 0 Å². The molecule has 0 aliphatic rings. The molecule has 0 amide bonds. The number of hydrogen-bond acceptors (Lipinski definition) is 4. The molecule has 1 atom stereocenters. The minimum Gasteiger partial charge on any atom is -0.359 e.